The number of anilines is 1. The lowest BCUT2D eigenvalue weighted by Gasteiger charge is -2.31. The van der Waals surface area contributed by atoms with E-state index < -0.39 is 0 Å². The molecular formula is C23H23N5S. The van der Waals surface area contributed by atoms with Crippen LogP contribution in [0.25, 0.3) is 5.13 Å². The molecule has 0 aliphatic carbocycles. The lowest BCUT2D eigenvalue weighted by molar-refractivity contribution is 0.657. The van der Waals surface area contributed by atoms with Crippen LogP contribution >= 0.6 is 11.3 Å². The van der Waals surface area contributed by atoms with Gasteiger partial charge in [0, 0.05) is 61.4 Å². The zero-order valence-electron chi connectivity index (χ0n) is 16.2. The van der Waals surface area contributed by atoms with E-state index in [-0.39, 0.29) is 0 Å². The predicted molar refractivity (Wildman–Crippen MR) is 117 cm³/mol. The first-order chi connectivity index (χ1) is 14.4. The number of thiazole rings is 1. The molecular weight excluding hydrogens is 378 g/mol. The fraction of sp³-hybridized carbons (Fsp3) is 0.217. The van der Waals surface area contributed by atoms with Crippen LogP contribution in [0.1, 0.15) is 22.4 Å². The van der Waals surface area contributed by atoms with Gasteiger partial charge in [-0.2, -0.15) is 0 Å². The van der Waals surface area contributed by atoms with Crippen LogP contribution in [0.3, 0.4) is 0 Å². The fourth-order valence-electron chi connectivity index (χ4n) is 3.94. The molecule has 4 heterocycles. The predicted octanol–water partition coefficient (Wildman–Crippen LogP) is 4.18. The maximum Gasteiger partial charge on any atom is 0.193 e. The first-order valence-corrected chi connectivity index (χ1v) is 10.8. The normalized spacial score (nSPS) is 13.4. The van der Waals surface area contributed by atoms with Gasteiger partial charge in [-0.1, -0.05) is 30.3 Å². The second-order valence-corrected chi connectivity index (χ2v) is 8.09. The third-order valence-electron chi connectivity index (χ3n) is 5.38. The molecule has 0 amide bonds. The van der Waals surface area contributed by atoms with E-state index in [0.717, 1.165) is 43.5 Å². The largest absolute Gasteiger partial charge is 0.352 e. The van der Waals surface area contributed by atoms with Gasteiger partial charge in [0.25, 0.3) is 0 Å². The molecule has 1 N–H and O–H groups in total. The molecule has 0 radical (unpaired) electrons. The summed E-state index contributed by atoms with van der Waals surface area (Å²) in [5, 5.41) is 6.60. The van der Waals surface area contributed by atoms with Crippen LogP contribution in [0.5, 0.6) is 0 Å². The number of aromatic nitrogens is 3. The van der Waals surface area contributed by atoms with Crippen LogP contribution in [0.2, 0.25) is 0 Å². The van der Waals surface area contributed by atoms with Crippen LogP contribution in [-0.2, 0) is 26.1 Å². The quantitative estimate of drug-likeness (QED) is 0.526. The summed E-state index contributed by atoms with van der Waals surface area (Å²) in [5.41, 5.74) is 5.31. The molecule has 146 valence electrons. The first kappa shape index (κ1) is 18.1. The number of pyridine rings is 1. The molecule has 0 atom stereocenters. The Kier molecular flexibility index (Phi) is 5.11. The number of nitrogens with zero attached hydrogens (tertiary/aromatic N) is 4. The van der Waals surface area contributed by atoms with Crippen molar-refractivity contribution in [2.24, 2.45) is 0 Å². The average molecular weight is 402 g/mol. The van der Waals surface area contributed by atoms with E-state index in [1.807, 2.05) is 23.8 Å². The Bertz CT molecular complexity index is 1090. The molecule has 0 saturated heterocycles. The van der Waals surface area contributed by atoms with Crippen molar-refractivity contribution in [3.63, 3.8) is 0 Å². The van der Waals surface area contributed by atoms with Gasteiger partial charge in [0.2, 0.25) is 0 Å². The van der Waals surface area contributed by atoms with Crippen molar-refractivity contribution in [1.29, 1.82) is 0 Å². The second kappa shape index (κ2) is 8.19. The van der Waals surface area contributed by atoms with Crippen molar-refractivity contribution in [2.45, 2.75) is 26.1 Å². The summed E-state index contributed by atoms with van der Waals surface area (Å²) in [7, 11) is 0. The molecule has 0 spiro atoms. The maximum atomic E-state index is 4.72. The lowest BCUT2D eigenvalue weighted by atomic mass is 9.99. The third-order valence-corrected chi connectivity index (χ3v) is 6.15. The minimum absolute atomic E-state index is 0.781. The zero-order valence-corrected chi connectivity index (χ0v) is 17.0. The highest BCUT2D eigenvalue weighted by Crippen LogP contribution is 2.25. The Morgan fingerprint density at radius 2 is 1.86 bits per heavy atom. The summed E-state index contributed by atoms with van der Waals surface area (Å²) in [6.45, 7) is 3.50. The highest BCUT2D eigenvalue weighted by atomic mass is 32.1. The molecule has 0 fully saturated rings. The van der Waals surface area contributed by atoms with Gasteiger partial charge in [-0.05, 0) is 35.7 Å². The molecule has 5 rings (SSSR count). The van der Waals surface area contributed by atoms with Gasteiger partial charge in [-0.15, -0.1) is 11.3 Å². The molecule has 0 saturated carbocycles. The Morgan fingerprint density at radius 3 is 2.76 bits per heavy atom. The van der Waals surface area contributed by atoms with Crippen LogP contribution in [0.15, 0.2) is 72.5 Å². The zero-order chi connectivity index (χ0) is 19.5. The summed E-state index contributed by atoms with van der Waals surface area (Å²) in [4.78, 5) is 11.5. The van der Waals surface area contributed by atoms with E-state index in [1.165, 1.54) is 22.4 Å². The van der Waals surface area contributed by atoms with Gasteiger partial charge in [-0.25, -0.2) is 9.97 Å². The van der Waals surface area contributed by atoms with Gasteiger partial charge >= 0.3 is 0 Å². The minimum atomic E-state index is 0.781. The SMILES string of the molecule is c1ccc2c(c1)CCN(c1ncccc1CNCc1cccn1-c1nccs1)C2. The summed E-state index contributed by atoms with van der Waals surface area (Å²) in [6.07, 6.45) is 6.88. The standard InChI is InChI=1S/C23H23N5S/c1-2-6-20-17-27(13-9-18(20)5-1)22-19(7-3-10-25-22)15-24-16-21-8-4-12-28(21)23-26-11-14-29-23/h1-8,10-12,14,24H,9,13,15-17H2. The molecule has 1 aliphatic rings. The van der Waals surface area contributed by atoms with Crippen LogP contribution in [0, 0.1) is 0 Å². The Hall–Kier alpha value is -2.96. The monoisotopic (exact) mass is 401 g/mol. The lowest BCUT2D eigenvalue weighted by Crippen LogP contribution is -2.32. The molecule has 3 aromatic heterocycles. The number of nitrogens with one attached hydrogen (secondary N) is 1. The molecule has 5 nitrogen and oxygen atoms in total. The molecule has 29 heavy (non-hydrogen) atoms. The second-order valence-electron chi connectivity index (χ2n) is 7.21. The van der Waals surface area contributed by atoms with Gasteiger partial charge < -0.3 is 10.2 Å². The van der Waals surface area contributed by atoms with E-state index in [1.54, 1.807) is 11.3 Å². The van der Waals surface area contributed by atoms with E-state index in [9.17, 15) is 0 Å². The van der Waals surface area contributed by atoms with Crippen molar-refractivity contribution < 1.29 is 0 Å². The summed E-state index contributed by atoms with van der Waals surface area (Å²) in [5.74, 6) is 1.09. The van der Waals surface area contributed by atoms with Gasteiger partial charge in [0.05, 0.1) is 0 Å². The fourth-order valence-corrected chi connectivity index (χ4v) is 4.59. The molecule has 6 heteroatoms. The highest BCUT2D eigenvalue weighted by Gasteiger charge is 2.19. The molecule has 4 aromatic rings. The van der Waals surface area contributed by atoms with Gasteiger partial charge in [-0.3, -0.25) is 4.57 Å². The highest BCUT2D eigenvalue weighted by molar-refractivity contribution is 7.12. The molecule has 1 aromatic carbocycles. The maximum absolute atomic E-state index is 4.72. The van der Waals surface area contributed by atoms with E-state index >= 15 is 0 Å². The Morgan fingerprint density at radius 1 is 0.931 bits per heavy atom. The smallest absolute Gasteiger partial charge is 0.193 e. The van der Waals surface area contributed by atoms with Crippen LogP contribution in [-0.4, -0.2) is 21.1 Å². The average Bonchev–Trinajstić information content (AvgIpc) is 3.45. The van der Waals surface area contributed by atoms with Crippen molar-refractivity contribution in [3.8, 4) is 5.13 Å². The molecule has 1 aliphatic heterocycles. The van der Waals surface area contributed by atoms with Crippen molar-refractivity contribution in [1.82, 2.24) is 19.9 Å². The summed E-state index contributed by atoms with van der Waals surface area (Å²) in [6, 6.07) is 17.1. The Balaban J connectivity index is 1.28. The summed E-state index contributed by atoms with van der Waals surface area (Å²) < 4.78 is 2.14. The number of rotatable bonds is 6. The Labute approximate surface area is 174 Å². The molecule has 0 bridgehead atoms. The number of hydrogen-bond acceptors (Lipinski definition) is 5. The number of fused-ring (bicyclic) bond motifs is 1. The van der Waals surface area contributed by atoms with Crippen LogP contribution in [0.4, 0.5) is 5.82 Å². The molecule has 0 unspecified atom stereocenters. The number of hydrogen-bond donors (Lipinski definition) is 1. The first-order valence-electron chi connectivity index (χ1n) is 9.91. The van der Waals surface area contributed by atoms with Gasteiger partial charge in [0.1, 0.15) is 5.82 Å². The van der Waals surface area contributed by atoms with Crippen molar-refractivity contribution in [2.75, 3.05) is 11.4 Å². The van der Waals surface area contributed by atoms with E-state index in [0.29, 0.717) is 0 Å². The topological polar surface area (TPSA) is 46.0 Å². The summed E-state index contributed by atoms with van der Waals surface area (Å²) >= 11 is 1.65. The van der Waals surface area contributed by atoms with Gasteiger partial charge in [0.15, 0.2) is 5.13 Å². The number of benzene rings is 1. The van der Waals surface area contributed by atoms with Crippen LogP contribution < -0.4 is 10.2 Å². The van der Waals surface area contributed by atoms with E-state index in [2.05, 4.69) is 68.4 Å². The third kappa shape index (κ3) is 3.81. The van der Waals surface area contributed by atoms with Crippen molar-refractivity contribution in [3.05, 3.63) is 94.9 Å². The van der Waals surface area contributed by atoms with E-state index in [4.69, 9.17) is 4.98 Å². The van der Waals surface area contributed by atoms with Crippen molar-refractivity contribution >= 4 is 17.2 Å². The minimum Gasteiger partial charge on any atom is -0.352 e.